The van der Waals surface area contributed by atoms with E-state index in [1.807, 2.05) is 23.1 Å². The first-order valence-electron chi connectivity index (χ1n) is 9.60. The first-order valence-corrected chi connectivity index (χ1v) is 9.60. The Morgan fingerprint density at radius 3 is 2.64 bits per heavy atom. The number of hydrogen-bond acceptors (Lipinski definition) is 4. The molecule has 2 N–H and O–H groups in total. The fourth-order valence-electron chi connectivity index (χ4n) is 4.05. The summed E-state index contributed by atoms with van der Waals surface area (Å²) >= 11 is 0. The Morgan fingerprint density at radius 2 is 1.96 bits per heavy atom. The van der Waals surface area contributed by atoms with Gasteiger partial charge in [0.15, 0.2) is 0 Å². The van der Waals surface area contributed by atoms with Crippen molar-refractivity contribution in [2.75, 3.05) is 39.3 Å². The van der Waals surface area contributed by atoms with Crippen molar-refractivity contribution in [2.45, 2.75) is 32.7 Å². The molecule has 2 heterocycles. The highest BCUT2D eigenvalue weighted by Crippen LogP contribution is 2.25. The van der Waals surface area contributed by atoms with Crippen LogP contribution in [0, 0.1) is 11.8 Å². The number of rotatable bonds is 5. The molecule has 1 unspecified atom stereocenters. The van der Waals surface area contributed by atoms with Gasteiger partial charge in [-0.05, 0) is 55.5 Å². The van der Waals surface area contributed by atoms with E-state index in [1.54, 1.807) is 6.07 Å². The van der Waals surface area contributed by atoms with E-state index in [4.69, 9.17) is 0 Å². The van der Waals surface area contributed by atoms with Crippen LogP contribution in [0.1, 0.15) is 31.7 Å². The number of nitrogens with one attached hydrogen (secondary N) is 1. The number of phenolic OH excluding ortho intramolecular Hbond substituents is 1. The molecule has 5 heteroatoms. The van der Waals surface area contributed by atoms with E-state index >= 15 is 0 Å². The number of nitrogens with zero attached hydrogens (tertiary/aromatic N) is 2. The number of phenols is 1. The van der Waals surface area contributed by atoms with Gasteiger partial charge < -0.3 is 15.3 Å². The SMILES string of the molecule is CC(CC(=O)N1CCN(Cc2cccc(O)c2)CC1)C1CCNCC1. The molecule has 138 valence electrons. The predicted molar refractivity (Wildman–Crippen MR) is 99.3 cm³/mol. The fraction of sp³-hybridized carbons (Fsp3) is 0.650. The minimum atomic E-state index is 0.318. The Bertz CT molecular complexity index is 564. The van der Waals surface area contributed by atoms with Gasteiger partial charge in [0.1, 0.15) is 5.75 Å². The molecule has 1 atom stereocenters. The quantitative estimate of drug-likeness (QED) is 0.858. The number of carbonyl (C=O) groups excluding carboxylic acids is 1. The minimum Gasteiger partial charge on any atom is -0.508 e. The second kappa shape index (κ2) is 8.68. The van der Waals surface area contributed by atoms with Gasteiger partial charge in [0.05, 0.1) is 0 Å². The van der Waals surface area contributed by atoms with E-state index in [0.29, 0.717) is 29.9 Å². The summed E-state index contributed by atoms with van der Waals surface area (Å²) in [4.78, 5) is 17.0. The van der Waals surface area contributed by atoms with Crippen molar-refractivity contribution in [1.29, 1.82) is 0 Å². The topological polar surface area (TPSA) is 55.8 Å². The second-order valence-corrected chi connectivity index (χ2v) is 7.60. The van der Waals surface area contributed by atoms with E-state index < -0.39 is 0 Å². The van der Waals surface area contributed by atoms with Gasteiger partial charge in [-0.2, -0.15) is 0 Å². The lowest BCUT2D eigenvalue weighted by atomic mass is 9.84. The van der Waals surface area contributed by atoms with E-state index in [1.165, 1.54) is 12.8 Å². The van der Waals surface area contributed by atoms with Gasteiger partial charge in [-0.25, -0.2) is 0 Å². The molecule has 0 spiro atoms. The van der Waals surface area contributed by atoms with Crippen molar-refractivity contribution < 1.29 is 9.90 Å². The fourth-order valence-corrected chi connectivity index (χ4v) is 4.05. The van der Waals surface area contributed by atoms with E-state index in [2.05, 4.69) is 17.1 Å². The largest absolute Gasteiger partial charge is 0.508 e. The summed E-state index contributed by atoms with van der Waals surface area (Å²) in [6.45, 7) is 8.71. The van der Waals surface area contributed by atoms with Crippen LogP contribution >= 0.6 is 0 Å². The second-order valence-electron chi connectivity index (χ2n) is 7.60. The van der Waals surface area contributed by atoms with Crippen LogP contribution in [0.2, 0.25) is 0 Å². The summed E-state index contributed by atoms with van der Waals surface area (Å²) in [6.07, 6.45) is 3.09. The third kappa shape index (κ3) is 5.19. The summed E-state index contributed by atoms with van der Waals surface area (Å²) in [5, 5.41) is 13.0. The average molecular weight is 345 g/mol. The summed E-state index contributed by atoms with van der Waals surface area (Å²) in [5.74, 6) is 1.82. The lowest BCUT2D eigenvalue weighted by molar-refractivity contribution is -0.134. The van der Waals surface area contributed by atoms with Gasteiger partial charge in [-0.1, -0.05) is 19.1 Å². The summed E-state index contributed by atoms with van der Waals surface area (Å²) in [6, 6.07) is 7.44. The van der Waals surface area contributed by atoms with Crippen molar-refractivity contribution in [3.63, 3.8) is 0 Å². The van der Waals surface area contributed by atoms with Crippen molar-refractivity contribution in [1.82, 2.24) is 15.1 Å². The molecule has 1 aromatic carbocycles. The van der Waals surface area contributed by atoms with Crippen molar-refractivity contribution >= 4 is 5.91 Å². The molecule has 0 aromatic heterocycles. The van der Waals surface area contributed by atoms with Gasteiger partial charge >= 0.3 is 0 Å². The molecule has 25 heavy (non-hydrogen) atoms. The van der Waals surface area contributed by atoms with Crippen LogP contribution in [0.15, 0.2) is 24.3 Å². The first kappa shape index (κ1) is 18.2. The summed E-state index contributed by atoms with van der Waals surface area (Å²) in [7, 11) is 0. The Labute approximate surface area is 151 Å². The van der Waals surface area contributed by atoms with Crippen molar-refractivity contribution in [2.24, 2.45) is 11.8 Å². The minimum absolute atomic E-state index is 0.318. The van der Waals surface area contributed by atoms with Crippen LogP contribution in [0.4, 0.5) is 0 Å². The molecule has 2 aliphatic rings. The number of piperidine rings is 1. The maximum Gasteiger partial charge on any atom is 0.222 e. The zero-order valence-electron chi connectivity index (χ0n) is 15.3. The van der Waals surface area contributed by atoms with Gasteiger partial charge in [0, 0.05) is 39.1 Å². The predicted octanol–water partition coefficient (Wildman–Crippen LogP) is 2.06. The van der Waals surface area contributed by atoms with Gasteiger partial charge in [0.2, 0.25) is 5.91 Å². The molecule has 1 aromatic rings. The highest BCUT2D eigenvalue weighted by Gasteiger charge is 2.26. The standard InChI is InChI=1S/C20H31N3O2/c1-16(18-5-7-21-8-6-18)13-20(25)23-11-9-22(10-12-23)15-17-3-2-4-19(24)14-17/h2-4,14,16,18,21,24H,5-13,15H2,1H3. The molecular formula is C20H31N3O2. The number of benzene rings is 1. The van der Waals surface area contributed by atoms with Crippen molar-refractivity contribution in [3.05, 3.63) is 29.8 Å². The molecule has 0 saturated carbocycles. The molecular weight excluding hydrogens is 314 g/mol. The van der Waals surface area contributed by atoms with Crippen LogP contribution in [0.3, 0.4) is 0 Å². The van der Waals surface area contributed by atoms with Crippen molar-refractivity contribution in [3.8, 4) is 5.75 Å². The lowest BCUT2D eigenvalue weighted by Gasteiger charge is -2.36. The summed E-state index contributed by atoms with van der Waals surface area (Å²) < 4.78 is 0. The number of piperazine rings is 1. The molecule has 2 saturated heterocycles. The lowest BCUT2D eigenvalue weighted by Crippen LogP contribution is -2.48. The zero-order chi connectivity index (χ0) is 17.6. The van der Waals surface area contributed by atoms with E-state index in [9.17, 15) is 9.90 Å². The number of hydrogen-bond donors (Lipinski definition) is 2. The third-order valence-electron chi connectivity index (χ3n) is 5.73. The Hall–Kier alpha value is -1.59. The third-order valence-corrected chi connectivity index (χ3v) is 5.73. The van der Waals surface area contributed by atoms with Gasteiger partial charge in [0.25, 0.3) is 0 Å². The average Bonchev–Trinajstić information content (AvgIpc) is 2.63. The Kier molecular flexibility index (Phi) is 6.32. The Morgan fingerprint density at radius 1 is 1.24 bits per heavy atom. The maximum absolute atomic E-state index is 12.6. The smallest absolute Gasteiger partial charge is 0.222 e. The number of carbonyl (C=O) groups is 1. The molecule has 2 aliphatic heterocycles. The zero-order valence-corrected chi connectivity index (χ0v) is 15.3. The van der Waals surface area contributed by atoms with Crippen LogP contribution in [-0.2, 0) is 11.3 Å². The van der Waals surface area contributed by atoms with Crippen LogP contribution < -0.4 is 5.32 Å². The molecule has 1 amide bonds. The Balaban J connectivity index is 1.42. The molecule has 0 radical (unpaired) electrons. The molecule has 0 aliphatic carbocycles. The first-order chi connectivity index (χ1) is 12.1. The number of aromatic hydroxyl groups is 1. The highest BCUT2D eigenvalue weighted by molar-refractivity contribution is 5.76. The van der Waals surface area contributed by atoms with Gasteiger partial charge in [-0.3, -0.25) is 9.69 Å². The highest BCUT2D eigenvalue weighted by atomic mass is 16.3. The molecule has 0 bridgehead atoms. The molecule has 5 nitrogen and oxygen atoms in total. The normalized spacial score (nSPS) is 21.2. The van der Waals surface area contributed by atoms with E-state index in [-0.39, 0.29) is 0 Å². The van der Waals surface area contributed by atoms with Crippen LogP contribution in [0.25, 0.3) is 0 Å². The maximum atomic E-state index is 12.6. The van der Waals surface area contributed by atoms with Gasteiger partial charge in [-0.15, -0.1) is 0 Å². The summed E-state index contributed by atoms with van der Waals surface area (Å²) in [5.41, 5.74) is 1.12. The molecule has 3 rings (SSSR count). The monoisotopic (exact) mass is 345 g/mol. The van der Waals surface area contributed by atoms with Crippen LogP contribution in [0.5, 0.6) is 5.75 Å². The number of amides is 1. The molecule has 2 fully saturated rings. The van der Waals surface area contributed by atoms with Crippen LogP contribution in [-0.4, -0.2) is 60.1 Å². The van der Waals surface area contributed by atoms with E-state index in [0.717, 1.165) is 51.4 Å².